The van der Waals surface area contributed by atoms with E-state index in [2.05, 4.69) is 20.9 Å². The van der Waals surface area contributed by atoms with Crippen LogP contribution in [0.3, 0.4) is 0 Å². The number of unbranched alkanes of at least 4 members (excludes halogenated alkanes) is 1. The Labute approximate surface area is 219 Å². The second kappa shape index (κ2) is 21.3. The summed E-state index contributed by atoms with van der Waals surface area (Å²) in [5.74, 6) is -0.570. The van der Waals surface area contributed by atoms with Crippen molar-refractivity contribution in [2.45, 2.75) is 38.6 Å². The van der Waals surface area contributed by atoms with Gasteiger partial charge in [0, 0.05) is 58.1 Å². The molecule has 1 aromatic heterocycles. The van der Waals surface area contributed by atoms with Gasteiger partial charge in [-0.05, 0) is 31.4 Å². The largest absolute Gasteiger partial charge is 0.394 e. The van der Waals surface area contributed by atoms with Crippen LogP contribution in [0, 0.1) is 0 Å². The average molecular weight is 526 g/mol. The zero-order valence-electron chi connectivity index (χ0n) is 22.1. The number of nitrogens with one attached hydrogen (secondary N) is 3. The molecule has 0 aromatic carbocycles. The molecule has 0 aliphatic heterocycles. The molecule has 1 heterocycles. The molecular weight excluding hydrogens is 482 g/mol. The van der Waals surface area contributed by atoms with Gasteiger partial charge in [0.05, 0.1) is 46.2 Å². The Bertz CT molecular complexity index is 754. The molecular formula is C25H43N5O7. The number of hydrogen-bond donors (Lipinski definition) is 4. The first-order valence-corrected chi connectivity index (χ1v) is 12.7. The van der Waals surface area contributed by atoms with Crippen molar-refractivity contribution in [2.75, 3.05) is 77.8 Å². The van der Waals surface area contributed by atoms with Gasteiger partial charge >= 0.3 is 0 Å². The number of carbonyl (C=O) groups excluding carboxylic acids is 3. The van der Waals surface area contributed by atoms with Crippen molar-refractivity contribution in [3.8, 4) is 0 Å². The molecule has 0 saturated carbocycles. The van der Waals surface area contributed by atoms with Crippen LogP contribution in [0.1, 0.15) is 32.6 Å². The van der Waals surface area contributed by atoms with E-state index in [0.717, 1.165) is 5.69 Å². The molecule has 0 aliphatic rings. The van der Waals surface area contributed by atoms with E-state index < -0.39 is 6.04 Å². The zero-order chi connectivity index (χ0) is 27.1. The highest BCUT2D eigenvalue weighted by atomic mass is 16.5. The number of pyridine rings is 1. The van der Waals surface area contributed by atoms with Crippen molar-refractivity contribution in [3.05, 3.63) is 24.5 Å². The van der Waals surface area contributed by atoms with E-state index in [4.69, 9.17) is 19.3 Å². The molecule has 1 rings (SSSR count). The SMILES string of the molecule is CC(=O)N[C@@H](CCCCNC(=O)CCN(C)c1ccncc1)C(=O)NCCOCCOCCOCCO. The summed E-state index contributed by atoms with van der Waals surface area (Å²) in [5.41, 5.74) is 1.00. The lowest BCUT2D eigenvalue weighted by Gasteiger charge is -2.19. The molecule has 3 amide bonds. The Kier molecular flexibility index (Phi) is 18.6. The van der Waals surface area contributed by atoms with E-state index in [1.54, 1.807) is 12.4 Å². The van der Waals surface area contributed by atoms with Gasteiger partial charge < -0.3 is 40.2 Å². The van der Waals surface area contributed by atoms with Crippen LogP contribution < -0.4 is 20.9 Å². The molecule has 1 aromatic rings. The van der Waals surface area contributed by atoms with Crippen molar-refractivity contribution < 1.29 is 33.7 Å². The van der Waals surface area contributed by atoms with Crippen LogP contribution in [0.15, 0.2) is 24.5 Å². The number of amides is 3. The number of carbonyl (C=O) groups is 3. The van der Waals surface area contributed by atoms with Crippen LogP contribution in [0.25, 0.3) is 0 Å². The highest BCUT2D eigenvalue weighted by molar-refractivity contribution is 5.86. The molecule has 37 heavy (non-hydrogen) atoms. The van der Waals surface area contributed by atoms with Gasteiger partial charge in [-0.1, -0.05) is 0 Å². The fourth-order valence-electron chi connectivity index (χ4n) is 3.28. The number of anilines is 1. The number of aromatic nitrogens is 1. The number of rotatable bonds is 22. The molecule has 0 aliphatic carbocycles. The molecule has 12 nitrogen and oxygen atoms in total. The van der Waals surface area contributed by atoms with E-state index in [1.165, 1.54) is 6.92 Å². The molecule has 1 atom stereocenters. The highest BCUT2D eigenvalue weighted by Crippen LogP contribution is 2.09. The van der Waals surface area contributed by atoms with Gasteiger partial charge in [0.25, 0.3) is 0 Å². The Morgan fingerprint density at radius 2 is 1.59 bits per heavy atom. The third-order valence-corrected chi connectivity index (χ3v) is 5.24. The van der Waals surface area contributed by atoms with Crippen LogP contribution in [-0.4, -0.2) is 107 Å². The summed E-state index contributed by atoms with van der Waals surface area (Å²) in [4.78, 5) is 42.1. The van der Waals surface area contributed by atoms with Gasteiger partial charge in [0.2, 0.25) is 17.7 Å². The Morgan fingerprint density at radius 3 is 2.24 bits per heavy atom. The van der Waals surface area contributed by atoms with Crippen LogP contribution in [0.2, 0.25) is 0 Å². The van der Waals surface area contributed by atoms with Crippen molar-refractivity contribution >= 4 is 23.4 Å². The molecule has 0 fully saturated rings. The Hall–Kier alpha value is -2.80. The minimum atomic E-state index is -0.635. The first-order valence-electron chi connectivity index (χ1n) is 12.7. The van der Waals surface area contributed by atoms with Crippen LogP contribution in [0.4, 0.5) is 5.69 Å². The van der Waals surface area contributed by atoms with Gasteiger partial charge in [-0.15, -0.1) is 0 Å². The maximum absolute atomic E-state index is 12.5. The number of aliphatic hydroxyl groups is 1. The summed E-state index contributed by atoms with van der Waals surface area (Å²) in [5, 5.41) is 16.9. The summed E-state index contributed by atoms with van der Waals surface area (Å²) < 4.78 is 15.8. The molecule has 0 unspecified atom stereocenters. The smallest absolute Gasteiger partial charge is 0.242 e. The molecule has 12 heteroatoms. The van der Waals surface area contributed by atoms with Crippen molar-refractivity contribution in [1.29, 1.82) is 0 Å². The normalized spacial score (nSPS) is 11.5. The predicted octanol–water partition coefficient (Wildman–Crippen LogP) is -0.143. The lowest BCUT2D eigenvalue weighted by Crippen LogP contribution is -2.46. The first kappa shape index (κ1) is 32.2. The van der Waals surface area contributed by atoms with E-state index in [0.29, 0.717) is 85.0 Å². The number of ether oxygens (including phenoxy) is 3. The highest BCUT2D eigenvalue weighted by Gasteiger charge is 2.18. The maximum Gasteiger partial charge on any atom is 0.242 e. The fraction of sp³-hybridized carbons (Fsp3) is 0.680. The molecule has 4 N–H and O–H groups in total. The third kappa shape index (κ3) is 17.3. The minimum absolute atomic E-state index is 0.0114. The third-order valence-electron chi connectivity index (χ3n) is 5.24. The second-order valence-corrected chi connectivity index (χ2v) is 8.33. The van der Waals surface area contributed by atoms with Crippen LogP contribution in [0.5, 0.6) is 0 Å². The summed E-state index contributed by atoms with van der Waals surface area (Å²) >= 11 is 0. The Balaban J connectivity index is 2.13. The number of aliphatic hydroxyl groups excluding tert-OH is 1. The van der Waals surface area contributed by atoms with Gasteiger partial charge in [0.15, 0.2) is 0 Å². The van der Waals surface area contributed by atoms with Crippen molar-refractivity contribution in [2.24, 2.45) is 0 Å². The lowest BCUT2D eigenvalue weighted by atomic mass is 10.1. The monoisotopic (exact) mass is 525 g/mol. The summed E-state index contributed by atoms with van der Waals surface area (Å²) in [6.07, 6.45) is 5.65. The predicted molar refractivity (Wildman–Crippen MR) is 139 cm³/mol. The fourth-order valence-corrected chi connectivity index (χ4v) is 3.28. The summed E-state index contributed by atoms with van der Waals surface area (Å²) in [7, 11) is 1.93. The minimum Gasteiger partial charge on any atom is -0.394 e. The van der Waals surface area contributed by atoms with Crippen molar-refractivity contribution in [3.63, 3.8) is 0 Å². The Morgan fingerprint density at radius 1 is 0.946 bits per heavy atom. The van der Waals surface area contributed by atoms with E-state index >= 15 is 0 Å². The summed E-state index contributed by atoms with van der Waals surface area (Å²) in [6, 6.07) is 3.15. The maximum atomic E-state index is 12.5. The lowest BCUT2D eigenvalue weighted by molar-refractivity contribution is -0.128. The van der Waals surface area contributed by atoms with E-state index in [9.17, 15) is 14.4 Å². The van der Waals surface area contributed by atoms with Gasteiger partial charge in [-0.25, -0.2) is 0 Å². The van der Waals surface area contributed by atoms with Gasteiger partial charge in [-0.3, -0.25) is 19.4 Å². The molecule has 0 spiro atoms. The van der Waals surface area contributed by atoms with Crippen LogP contribution >= 0.6 is 0 Å². The summed E-state index contributed by atoms with van der Waals surface area (Å²) in [6.45, 7) is 5.03. The standard InChI is InChI=1S/C25H43N5O7/c1-21(32)29-23(25(34)28-12-15-35-17-19-37-20-18-36-16-14-31)5-3-4-9-27-24(33)8-13-30(2)22-6-10-26-11-7-22/h6-7,10-11,23,31H,3-5,8-9,12-20H2,1-2H3,(H,27,33)(H,28,34)(H,29,32)/t23-/m0/s1. The topological polar surface area (TPSA) is 151 Å². The zero-order valence-corrected chi connectivity index (χ0v) is 22.1. The van der Waals surface area contributed by atoms with E-state index in [1.807, 2.05) is 24.1 Å². The molecule has 0 radical (unpaired) electrons. The van der Waals surface area contributed by atoms with Gasteiger partial charge in [-0.2, -0.15) is 0 Å². The molecule has 210 valence electrons. The van der Waals surface area contributed by atoms with Crippen molar-refractivity contribution in [1.82, 2.24) is 20.9 Å². The average Bonchev–Trinajstić information content (AvgIpc) is 2.89. The van der Waals surface area contributed by atoms with Crippen LogP contribution in [-0.2, 0) is 28.6 Å². The molecule has 0 bridgehead atoms. The quantitative estimate of drug-likeness (QED) is 0.152. The first-order chi connectivity index (χ1) is 17.9. The van der Waals surface area contributed by atoms with Gasteiger partial charge in [0.1, 0.15) is 6.04 Å². The number of nitrogens with zero attached hydrogens (tertiary/aromatic N) is 2. The molecule has 0 saturated heterocycles. The van der Waals surface area contributed by atoms with E-state index in [-0.39, 0.29) is 24.3 Å². The number of hydrogen-bond acceptors (Lipinski definition) is 9. The second-order valence-electron chi connectivity index (χ2n) is 8.33.